The molecule has 0 unspecified atom stereocenters. The molecule has 0 atom stereocenters. The third-order valence-electron chi connectivity index (χ3n) is 3.28. The average molecular weight is 301 g/mol. The SMILES string of the molecule is Cc1ccc(/C=N/S(=O)(=O)c2c(C)cc(C)cc2C)cc1. The summed E-state index contributed by atoms with van der Waals surface area (Å²) in [4.78, 5) is 0.302. The van der Waals surface area contributed by atoms with Crippen LogP contribution in [0.2, 0.25) is 0 Å². The van der Waals surface area contributed by atoms with Crippen LogP contribution in [0.25, 0.3) is 0 Å². The summed E-state index contributed by atoms with van der Waals surface area (Å²) in [5, 5.41) is 0. The van der Waals surface area contributed by atoms with E-state index in [1.807, 2.05) is 50.2 Å². The van der Waals surface area contributed by atoms with Crippen molar-refractivity contribution in [1.29, 1.82) is 0 Å². The van der Waals surface area contributed by atoms with Gasteiger partial charge in [-0.1, -0.05) is 47.5 Å². The molecular weight excluding hydrogens is 282 g/mol. The van der Waals surface area contributed by atoms with Crippen molar-refractivity contribution in [3.63, 3.8) is 0 Å². The molecule has 0 aliphatic carbocycles. The van der Waals surface area contributed by atoms with Gasteiger partial charge in [-0.3, -0.25) is 0 Å². The zero-order chi connectivity index (χ0) is 15.6. The minimum atomic E-state index is -3.68. The Balaban J connectivity index is 2.41. The first-order chi connectivity index (χ1) is 9.79. The van der Waals surface area contributed by atoms with Crippen LogP contribution in [-0.4, -0.2) is 14.6 Å². The Hall–Kier alpha value is -1.94. The number of sulfonamides is 1. The lowest BCUT2D eigenvalue weighted by Crippen LogP contribution is -2.04. The minimum absolute atomic E-state index is 0.302. The van der Waals surface area contributed by atoms with Gasteiger partial charge in [-0.2, -0.15) is 12.8 Å². The monoisotopic (exact) mass is 301 g/mol. The van der Waals surface area contributed by atoms with Crippen molar-refractivity contribution in [2.45, 2.75) is 32.6 Å². The van der Waals surface area contributed by atoms with E-state index in [1.165, 1.54) is 6.21 Å². The van der Waals surface area contributed by atoms with Crippen LogP contribution in [0.15, 0.2) is 45.7 Å². The molecule has 0 aliphatic rings. The summed E-state index contributed by atoms with van der Waals surface area (Å²) in [5.41, 5.74) is 4.40. The van der Waals surface area contributed by atoms with Crippen LogP contribution in [-0.2, 0) is 10.0 Å². The molecule has 0 amide bonds. The quantitative estimate of drug-likeness (QED) is 0.811. The fourth-order valence-electron chi connectivity index (χ4n) is 2.41. The lowest BCUT2D eigenvalue weighted by molar-refractivity contribution is 0.597. The molecule has 0 spiro atoms. The Bertz CT molecular complexity index is 765. The van der Waals surface area contributed by atoms with E-state index in [-0.39, 0.29) is 0 Å². The molecule has 2 aromatic carbocycles. The van der Waals surface area contributed by atoms with Gasteiger partial charge in [0.1, 0.15) is 0 Å². The van der Waals surface area contributed by atoms with Crippen LogP contribution in [0, 0.1) is 27.7 Å². The molecule has 0 N–H and O–H groups in total. The van der Waals surface area contributed by atoms with E-state index >= 15 is 0 Å². The largest absolute Gasteiger partial charge is 0.282 e. The van der Waals surface area contributed by atoms with Gasteiger partial charge in [0.2, 0.25) is 0 Å². The van der Waals surface area contributed by atoms with Gasteiger partial charge < -0.3 is 0 Å². The summed E-state index contributed by atoms with van der Waals surface area (Å²) in [6.07, 6.45) is 1.40. The highest BCUT2D eigenvalue weighted by atomic mass is 32.2. The second-order valence-corrected chi connectivity index (χ2v) is 6.92. The molecule has 0 aliphatic heterocycles. The van der Waals surface area contributed by atoms with Crippen molar-refractivity contribution < 1.29 is 8.42 Å². The molecule has 2 rings (SSSR count). The van der Waals surface area contributed by atoms with Gasteiger partial charge in [0.25, 0.3) is 10.0 Å². The number of benzene rings is 2. The normalized spacial score (nSPS) is 12.0. The number of nitrogens with zero attached hydrogens (tertiary/aromatic N) is 1. The molecule has 4 heteroatoms. The van der Waals surface area contributed by atoms with Crippen LogP contribution in [0.4, 0.5) is 0 Å². The van der Waals surface area contributed by atoms with Crippen molar-refractivity contribution in [3.8, 4) is 0 Å². The zero-order valence-corrected chi connectivity index (χ0v) is 13.5. The Morgan fingerprint density at radius 1 is 0.857 bits per heavy atom. The molecule has 0 bridgehead atoms. The van der Waals surface area contributed by atoms with Gasteiger partial charge in [-0.05, 0) is 44.4 Å². The molecule has 3 nitrogen and oxygen atoms in total. The first-order valence-corrected chi connectivity index (χ1v) is 8.18. The van der Waals surface area contributed by atoms with Crippen molar-refractivity contribution in [2.75, 3.05) is 0 Å². The molecule has 21 heavy (non-hydrogen) atoms. The summed E-state index contributed by atoms with van der Waals surface area (Å²) in [6, 6.07) is 11.3. The first kappa shape index (κ1) is 15.4. The number of rotatable bonds is 3. The van der Waals surface area contributed by atoms with Gasteiger partial charge in [0.15, 0.2) is 0 Å². The van der Waals surface area contributed by atoms with E-state index in [1.54, 1.807) is 13.8 Å². The number of aryl methyl sites for hydroxylation is 4. The zero-order valence-electron chi connectivity index (χ0n) is 12.7. The van der Waals surface area contributed by atoms with Crippen molar-refractivity contribution in [2.24, 2.45) is 4.40 Å². The molecule has 110 valence electrons. The summed E-state index contributed by atoms with van der Waals surface area (Å²) in [7, 11) is -3.68. The lowest BCUT2D eigenvalue weighted by atomic mass is 10.1. The van der Waals surface area contributed by atoms with Crippen LogP contribution >= 0.6 is 0 Å². The van der Waals surface area contributed by atoms with Crippen LogP contribution < -0.4 is 0 Å². The molecule has 0 heterocycles. The highest BCUT2D eigenvalue weighted by Gasteiger charge is 2.18. The molecule has 0 saturated carbocycles. The van der Waals surface area contributed by atoms with E-state index in [4.69, 9.17) is 0 Å². The average Bonchev–Trinajstić information content (AvgIpc) is 2.36. The van der Waals surface area contributed by atoms with Gasteiger partial charge in [0.05, 0.1) is 4.90 Å². The summed E-state index contributed by atoms with van der Waals surface area (Å²) >= 11 is 0. The third kappa shape index (κ3) is 3.58. The van der Waals surface area contributed by atoms with Crippen LogP contribution in [0.5, 0.6) is 0 Å². The molecule has 0 saturated heterocycles. The van der Waals surface area contributed by atoms with Crippen molar-refractivity contribution in [1.82, 2.24) is 0 Å². The number of hydrogen-bond acceptors (Lipinski definition) is 2. The first-order valence-electron chi connectivity index (χ1n) is 6.74. The molecule has 0 radical (unpaired) electrons. The molecule has 0 aromatic heterocycles. The van der Waals surface area contributed by atoms with Crippen molar-refractivity contribution >= 4 is 16.2 Å². The third-order valence-corrected chi connectivity index (χ3v) is 4.82. The minimum Gasteiger partial charge on any atom is -0.199 e. The predicted molar refractivity (Wildman–Crippen MR) is 86.6 cm³/mol. The molecular formula is C17H19NO2S. The Morgan fingerprint density at radius 2 is 1.38 bits per heavy atom. The van der Waals surface area contributed by atoms with Gasteiger partial charge in [0, 0.05) is 6.21 Å². The maximum atomic E-state index is 12.4. The summed E-state index contributed by atoms with van der Waals surface area (Å²) < 4.78 is 28.7. The highest BCUT2D eigenvalue weighted by Crippen LogP contribution is 2.23. The standard InChI is InChI=1S/C17H19NO2S/c1-12-5-7-16(8-6-12)11-18-21(19,20)17-14(3)9-13(2)10-15(17)4/h5-11H,1-4H3/b18-11+. The van der Waals surface area contributed by atoms with E-state index in [9.17, 15) is 8.42 Å². The topological polar surface area (TPSA) is 46.5 Å². The second-order valence-electron chi connectivity index (χ2n) is 5.35. The van der Waals surface area contributed by atoms with Crippen LogP contribution in [0.3, 0.4) is 0 Å². The fourth-order valence-corrected chi connectivity index (χ4v) is 3.71. The summed E-state index contributed by atoms with van der Waals surface area (Å²) in [6.45, 7) is 7.53. The van der Waals surface area contributed by atoms with Gasteiger partial charge >= 0.3 is 0 Å². The Morgan fingerprint density at radius 3 is 1.90 bits per heavy atom. The fraction of sp³-hybridized carbons (Fsp3) is 0.235. The lowest BCUT2D eigenvalue weighted by Gasteiger charge is -2.08. The van der Waals surface area contributed by atoms with E-state index < -0.39 is 10.0 Å². The highest BCUT2D eigenvalue weighted by molar-refractivity contribution is 7.90. The Labute approximate surface area is 126 Å². The van der Waals surface area contributed by atoms with Crippen molar-refractivity contribution in [3.05, 3.63) is 64.2 Å². The van der Waals surface area contributed by atoms with E-state index in [0.29, 0.717) is 4.90 Å². The number of hydrogen-bond donors (Lipinski definition) is 0. The Kier molecular flexibility index (Phi) is 4.28. The van der Waals surface area contributed by atoms with Gasteiger partial charge in [-0.25, -0.2) is 0 Å². The van der Waals surface area contributed by atoms with E-state index in [2.05, 4.69) is 4.40 Å². The molecule has 2 aromatic rings. The summed E-state index contributed by atoms with van der Waals surface area (Å²) in [5.74, 6) is 0. The smallest absolute Gasteiger partial charge is 0.199 e. The predicted octanol–water partition coefficient (Wildman–Crippen LogP) is 3.73. The maximum Gasteiger partial charge on any atom is 0.282 e. The van der Waals surface area contributed by atoms with Gasteiger partial charge in [-0.15, -0.1) is 0 Å². The second kappa shape index (κ2) is 5.82. The van der Waals surface area contributed by atoms with Crippen LogP contribution in [0.1, 0.15) is 27.8 Å². The maximum absolute atomic E-state index is 12.4. The molecule has 0 fully saturated rings. The van der Waals surface area contributed by atoms with E-state index in [0.717, 1.165) is 27.8 Å².